The Hall–Kier alpha value is -3.34. The molecule has 0 aliphatic rings. The molecule has 0 aliphatic heterocycles. The summed E-state index contributed by atoms with van der Waals surface area (Å²) in [6.45, 7) is 1.28. The van der Waals surface area contributed by atoms with E-state index in [1.165, 1.54) is 5.56 Å². The molecule has 5 nitrogen and oxygen atoms in total. The molecule has 0 atom stereocenters. The van der Waals surface area contributed by atoms with Gasteiger partial charge in [0.2, 0.25) is 0 Å². The number of benzene rings is 2. The molecule has 0 bridgehead atoms. The monoisotopic (exact) mass is 375 g/mol. The van der Waals surface area contributed by atoms with E-state index in [4.69, 9.17) is 4.74 Å². The van der Waals surface area contributed by atoms with Crippen molar-refractivity contribution in [2.45, 2.75) is 19.4 Å². The van der Waals surface area contributed by atoms with E-state index in [0.29, 0.717) is 12.2 Å². The second-order valence-electron chi connectivity index (χ2n) is 6.48. The van der Waals surface area contributed by atoms with Gasteiger partial charge in [0.25, 0.3) is 5.91 Å². The van der Waals surface area contributed by atoms with E-state index >= 15 is 0 Å². The van der Waals surface area contributed by atoms with Crippen LogP contribution in [0.2, 0.25) is 0 Å². The summed E-state index contributed by atoms with van der Waals surface area (Å²) in [7, 11) is 1.63. The number of carbonyl (C=O) groups excluding carboxylic acids is 1. The first kappa shape index (κ1) is 19.4. The van der Waals surface area contributed by atoms with Gasteiger partial charge in [-0.1, -0.05) is 42.5 Å². The van der Waals surface area contributed by atoms with Crippen LogP contribution in [0.1, 0.15) is 28.0 Å². The van der Waals surface area contributed by atoms with Gasteiger partial charge in [-0.05, 0) is 48.2 Å². The van der Waals surface area contributed by atoms with Gasteiger partial charge in [-0.3, -0.25) is 9.78 Å². The summed E-state index contributed by atoms with van der Waals surface area (Å²) in [5.41, 5.74) is 3.64. The third-order valence-electron chi connectivity index (χ3n) is 4.42. The topological polar surface area (TPSA) is 63.2 Å². The van der Waals surface area contributed by atoms with Crippen LogP contribution in [-0.2, 0) is 13.0 Å². The molecule has 1 heterocycles. The molecule has 0 radical (unpaired) electrons. The van der Waals surface area contributed by atoms with E-state index < -0.39 is 0 Å². The Morgan fingerprint density at radius 3 is 2.54 bits per heavy atom. The highest BCUT2D eigenvalue weighted by molar-refractivity contribution is 5.93. The number of hydrogen-bond donors (Lipinski definition) is 2. The van der Waals surface area contributed by atoms with Gasteiger partial charge in [-0.2, -0.15) is 0 Å². The molecule has 0 saturated heterocycles. The molecule has 1 aromatic heterocycles. The number of ether oxygens (including phenoxy) is 1. The second-order valence-corrected chi connectivity index (χ2v) is 6.48. The van der Waals surface area contributed by atoms with E-state index in [-0.39, 0.29) is 5.91 Å². The lowest BCUT2D eigenvalue weighted by Gasteiger charge is -2.09. The van der Waals surface area contributed by atoms with Crippen molar-refractivity contribution >= 4 is 11.6 Å². The van der Waals surface area contributed by atoms with Gasteiger partial charge in [0.1, 0.15) is 11.4 Å². The number of hydrogen-bond acceptors (Lipinski definition) is 4. The van der Waals surface area contributed by atoms with Crippen LogP contribution >= 0.6 is 0 Å². The van der Waals surface area contributed by atoms with Crippen molar-refractivity contribution < 1.29 is 9.53 Å². The van der Waals surface area contributed by atoms with Gasteiger partial charge >= 0.3 is 0 Å². The minimum atomic E-state index is -0.191. The fourth-order valence-electron chi connectivity index (χ4n) is 2.85. The van der Waals surface area contributed by atoms with Gasteiger partial charge < -0.3 is 15.4 Å². The SMILES string of the molecule is COc1ccc(CNC(=O)c2cc(NCCCc3ccccc3)ccn2)cc1. The predicted molar refractivity (Wildman–Crippen MR) is 112 cm³/mol. The summed E-state index contributed by atoms with van der Waals surface area (Å²) in [5, 5.41) is 6.26. The highest BCUT2D eigenvalue weighted by Gasteiger charge is 2.08. The molecule has 0 unspecified atom stereocenters. The Kier molecular flexibility index (Phi) is 7.01. The Morgan fingerprint density at radius 2 is 1.79 bits per heavy atom. The number of rotatable bonds is 9. The normalized spacial score (nSPS) is 10.3. The number of methoxy groups -OCH3 is 1. The summed E-state index contributed by atoms with van der Waals surface area (Å²) >= 11 is 0. The smallest absolute Gasteiger partial charge is 0.270 e. The van der Waals surface area contributed by atoms with Crippen LogP contribution in [0.3, 0.4) is 0 Å². The molecule has 144 valence electrons. The van der Waals surface area contributed by atoms with Crippen molar-refractivity contribution in [3.8, 4) is 5.75 Å². The van der Waals surface area contributed by atoms with E-state index in [0.717, 1.165) is 36.4 Å². The van der Waals surface area contributed by atoms with Crippen LogP contribution in [-0.4, -0.2) is 24.5 Å². The van der Waals surface area contributed by atoms with E-state index in [1.54, 1.807) is 19.4 Å². The van der Waals surface area contributed by atoms with Crippen molar-refractivity contribution in [2.75, 3.05) is 19.0 Å². The lowest BCUT2D eigenvalue weighted by Crippen LogP contribution is -2.23. The Morgan fingerprint density at radius 1 is 1.00 bits per heavy atom. The Bertz CT molecular complexity index is 880. The summed E-state index contributed by atoms with van der Waals surface area (Å²) in [6.07, 6.45) is 3.70. The molecule has 0 fully saturated rings. The minimum Gasteiger partial charge on any atom is -0.497 e. The van der Waals surface area contributed by atoms with Crippen LogP contribution in [0.25, 0.3) is 0 Å². The van der Waals surface area contributed by atoms with Gasteiger partial charge in [-0.15, -0.1) is 0 Å². The molecular weight excluding hydrogens is 350 g/mol. The largest absolute Gasteiger partial charge is 0.497 e. The summed E-state index contributed by atoms with van der Waals surface area (Å²) in [5.74, 6) is 0.603. The zero-order chi connectivity index (χ0) is 19.6. The number of amides is 1. The fraction of sp³-hybridized carbons (Fsp3) is 0.217. The summed E-state index contributed by atoms with van der Waals surface area (Å²) in [4.78, 5) is 16.6. The van der Waals surface area contributed by atoms with Crippen LogP contribution in [0.15, 0.2) is 72.9 Å². The average molecular weight is 375 g/mol. The second kappa shape index (κ2) is 10.1. The third-order valence-corrected chi connectivity index (χ3v) is 4.42. The predicted octanol–water partition coefficient (Wildman–Crippen LogP) is 4.06. The molecule has 3 rings (SSSR count). The molecule has 2 aromatic carbocycles. The summed E-state index contributed by atoms with van der Waals surface area (Å²) < 4.78 is 5.14. The van der Waals surface area contributed by atoms with Gasteiger partial charge in [0, 0.05) is 25.0 Å². The van der Waals surface area contributed by atoms with Gasteiger partial charge in [0.05, 0.1) is 7.11 Å². The average Bonchev–Trinajstić information content (AvgIpc) is 2.76. The standard InChI is InChI=1S/C23H25N3O2/c1-28-21-11-9-19(10-12-21)17-26-23(27)22-16-20(13-15-25-22)24-14-5-8-18-6-3-2-4-7-18/h2-4,6-7,9-13,15-16H,5,8,14,17H2,1H3,(H,24,25)(H,26,27). The van der Waals surface area contributed by atoms with Crippen LogP contribution < -0.4 is 15.4 Å². The first-order chi connectivity index (χ1) is 13.7. The molecule has 5 heteroatoms. The quantitative estimate of drug-likeness (QED) is 0.554. The van der Waals surface area contributed by atoms with Crippen molar-refractivity contribution in [3.05, 3.63) is 89.7 Å². The molecule has 1 amide bonds. The molecule has 3 aromatic rings. The Balaban J connectivity index is 1.46. The van der Waals surface area contributed by atoms with Gasteiger partial charge in [-0.25, -0.2) is 0 Å². The lowest BCUT2D eigenvalue weighted by atomic mass is 10.1. The number of pyridine rings is 1. The lowest BCUT2D eigenvalue weighted by molar-refractivity contribution is 0.0946. The third kappa shape index (κ3) is 5.84. The Labute approximate surface area is 165 Å². The fourth-order valence-corrected chi connectivity index (χ4v) is 2.85. The number of anilines is 1. The first-order valence-corrected chi connectivity index (χ1v) is 9.39. The van der Waals surface area contributed by atoms with Crippen LogP contribution in [0, 0.1) is 0 Å². The number of nitrogens with zero attached hydrogens (tertiary/aromatic N) is 1. The molecular formula is C23H25N3O2. The van der Waals surface area contributed by atoms with E-state index in [2.05, 4.69) is 39.9 Å². The molecule has 0 saturated carbocycles. The minimum absolute atomic E-state index is 0.191. The number of carbonyl (C=O) groups is 1. The number of nitrogens with one attached hydrogen (secondary N) is 2. The summed E-state index contributed by atoms with van der Waals surface area (Å²) in [6, 6.07) is 21.7. The first-order valence-electron chi connectivity index (χ1n) is 9.39. The van der Waals surface area contributed by atoms with Crippen LogP contribution in [0.4, 0.5) is 5.69 Å². The number of aromatic nitrogens is 1. The van der Waals surface area contributed by atoms with Crippen molar-refractivity contribution in [1.82, 2.24) is 10.3 Å². The molecule has 0 aliphatic carbocycles. The zero-order valence-electron chi connectivity index (χ0n) is 16.0. The highest BCUT2D eigenvalue weighted by atomic mass is 16.5. The maximum atomic E-state index is 12.4. The van der Waals surface area contributed by atoms with Crippen molar-refractivity contribution in [2.24, 2.45) is 0 Å². The molecule has 2 N–H and O–H groups in total. The van der Waals surface area contributed by atoms with Crippen LogP contribution in [0.5, 0.6) is 5.75 Å². The number of aryl methyl sites for hydroxylation is 1. The maximum Gasteiger partial charge on any atom is 0.270 e. The van der Waals surface area contributed by atoms with Crippen molar-refractivity contribution in [1.29, 1.82) is 0 Å². The van der Waals surface area contributed by atoms with Crippen molar-refractivity contribution in [3.63, 3.8) is 0 Å². The zero-order valence-corrected chi connectivity index (χ0v) is 16.0. The highest BCUT2D eigenvalue weighted by Crippen LogP contribution is 2.12. The molecule has 0 spiro atoms. The van der Waals surface area contributed by atoms with Gasteiger partial charge in [0.15, 0.2) is 0 Å². The molecule has 28 heavy (non-hydrogen) atoms. The van der Waals surface area contributed by atoms with E-state index in [9.17, 15) is 4.79 Å². The van der Waals surface area contributed by atoms with E-state index in [1.807, 2.05) is 36.4 Å². The maximum absolute atomic E-state index is 12.4.